The molecule has 1 aromatic heterocycles. The fourth-order valence-corrected chi connectivity index (χ4v) is 3.75. The minimum Gasteiger partial charge on any atom is -0.384 e. The smallest absolute Gasteiger partial charge is 0.126 e. The Kier molecular flexibility index (Phi) is 4.69. The van der Waals surface area contributed by atoms with E-state index < -0.39 is 11.7 Å². The van der Waals surface area contributed by atoms with Gasteiger partial charge in [0.1, 0.15) is 6.10 Å². The molecule has 1 saturated carbocycles. The first-order valence-corrected chi connectivity index (χ1v) is 7.77. The molecule has 0 amide bonds. The van der Waals surface area contributed by atoms with Crippen LogP contribution in [0.2, 0.25) is 0 Å². The van der Waals surface area contributed by atoms with E-state index in [1.54, 1.807) is 13.3 Å². The van der Waals surface area contributed by atoms with Gasteiger partial charge in [-0.05, 0) is 41.6 Å². The molecule has 19 heavy (non-hydrogen) atoms. The summed E-state index contributed by atoms with van der Waals surface area (Å²) in [5.41, 5.74) is 0.353. The van der Waals surface area contributed by atoms with Gasteiger partial charge in [0.2, 0.25) is 0 Å². The van der Waals surface area contributed by atoms with Gasteiger partial charge in [0, 0.05) is 13.7 Å². The molecule has 1 N–H and O–H groups in total. The third kappa shape index (κ3) is 2.73. The molecular weight excluding hydrogens is 308 g/mol. The monoisotopic (exact) mass is 330 g/mol. The summed E-state index contributed by atoms with van der Waals surface area (Å²) in [6.45, 7) is 5.00. The average molecular weight is 331 g/mol. The molecule has 0 spiro atoms. The van der Waals surface area contributed by atoms with Gasteiger partial charge in [-0.15, -0.1) is 0 Å². The van der Waals surface area contributed by atoms with Crippen LogP contribution in [-0.4, -0.2) is 27.6 Å². The standard InChI is InChI=1S/C14H23BrN2O2/c1-4-17-12(11(15)9-16-17)13(18)14(19-3)7-5-6-10(2)8-14/h9-10,13,18H,4-8H2,1-3H3. The maximum atomic E-state index is 10.9. The highest BCUT2D eigenvalue weighted by Crippen LogP contribution is 2.44. The number of rotatable bonds is 4. The molecule has 1 aliphatic carbocycles. The number of ether oxygens (including phenoxy) is 1. The van der Waals surface area contributed by atoms with Crippen LogP contribution >= 0.6 is 15.9 Å². The molecule has 5 heteroatoms. The molecule has 2 rings (SSSR count). The van der Waals surface area contributed by atoms with Crippen molar-refractivity contribution in [3.63, 3.8) is 0 Å². The van der Waals surface area contributed by atoms with Crippen molar-refractivity contribution in [3.8, 4) is 0 Å². The predicted molar refractivity (Wildman–Crippen MR) is 77.9 cm³/mol. The Morgan fingerprint density at radius 2 is 2.42 bits per heavy atom. The van der Waals surface area contributed by atoms with E-state index in [9.17, 15) is 5.11 Å². The molecule has 3 unspecified atom stereocenters. The second-order valence-electron chi connectivity index (χ2n) is 5.57. The number of hydrogen-bond donors (Lipinski definition) is 1. The van der Waals surface area contributed by atoms with Gasteiger partial charge < -0.3 is 9.84 Å². The van der Waals surface area contributed by atoms with Gasteiger partial charge in [0.15, 0.2) is 0 Å². The lowest BCUT2D eigenvalue weighted by atomic mass is 9.75. The second kappa shape index (κ2) is 5.94. The van der Waals surface area contributed by atoms with Crippen molar-refractivity contribution >= 4 is 15.9 Å². The second-order valence-corrected chi connectivity index (χ2v) is 6.42. The Labute approximate surface area is 123 Å². The summed E-state index contributed by atoms with van der Waals surface area (Å²) in [7, 11) is 1.71. The minimum absolute atomic E-state index is 0.479. The molecule has 0 aromatic carbocycles. The van der Waals surface area contributed by atoms with Gasteiger partial charge in [-0.25, -0.2) is 0 Å². The minimum atomic E-state index is -0.642. The molecule has 0 radical (unpaired) electrons. The third-order valence-corrected chi connectivity index (χ3v) is 4.90. The van der Waals surface area contributed by atoms with Crippen molar-refractivity contribution in [2.24, 2.45) is 5.92 Å². The number of aliphatic hydroxyl groups excluding tert-OH is 1. The molecule has 0 saturated heterocycles. The quantitative estimate of drug-likeness (QED) is 0.921. The molecule has 1 aromatic rings. The first-order chi connectivity index (χ1) is 9.04. The van der Waals surface area contributed by atoms with Crippen LogP contribution in [0.25, 0.3) is 0 Å². The first-order valence-electron chi connectivity index (χ1n) is 6.98. The zero-order chi connectivity index (χ0) is 14.0. The van der Waals surface area contributed by atoms with E-state index in [1.165, 1.54) is 6.42 Å². The lowest BCUT2D eigenvalue weighted by molar-refractivity contribution is -0.136. The number of halogens is 1. The molecule has 1 aliphatic rings. The highest BCUT2D eigenvalue weighted by molar-refractivity contribution is 9.10. The summed E-state index contributed by atoms with van der Waals surface area (Å²) in [5.74, 6) is 0.583. The van der Waals surface area contributed by atoms with Crippen LogP contribution in [0.15, 0.2) is 10.7 Å². The van der Waals surface area contributed by atoms with Crippen LogP contribution in [0.3, 0.4) is 0 Å². The van der Waals surface area contributed by atoms with Crippen molar-refractivity contribution < 1.29 is 9.84 Å². The van der Waals surface area contributed by atoms with Crippen LogP contribution in [-0.2, 0) is 11.3 Å². The van der Waals surface area contributed by atoms with Gasteiger partial charge in [0.25, 0.3) is 0 Å². The molecule has 0 bridgehead atoms. The van der Waals surface area contributed by atoms with Crippen LogP contribution in [0.5, 0.6) is 0 Å². The number of nitrogens with zero attached hydrogens (tertiary/aromatic N) is 2. The van der Waals surface area contributed by atoms with Gasteiger partial charge in [-0.2, -0.15) is 5.10 Å². The molecule has 108 valence electrons. The predicted octanol–water partition coefficient (Wildman–Crippen LogP) is 3.29. The molecular formula is C14H23BrN2O2. The number of aryl methyl sites for hydroxylation is 1. The van der Waals surface area contributed by atoms with Crippen LogP contribution in [0.4, 0.5) is 0 Å². The SMILES string of the molecule is CCn1ncc(Br)c1C(O)C1(OC)CCCC(C)C1. The Morgan fingerprint density at radius 3 is 3.00 bits per heavy atom. The third-order valence-electron chi connectivity index (χ3n) is 4.29. The largest absolute Gasteiger partial charge is 0.384 e. The van der Waals surface area contributed by atoms with E-state index >= 15 is 0 Å². The lowest BCUT2D eigenvalue weighted by Crippen LogP contribution is -2.43. The van der Waals surface area contributed by atoms with Gasteiger partial charge >= 0.3 is 0 Å². The van der Waals surface area contributed by atoms with Crippen molar-refractivity contribution in [1.82, 2.24) is 9.78 Å². The van der Waals surface area contributed by atoms with Crippen LogP contribution < -0.4 is 0 Å². The highest BCUT2D eigenvalue weighted by atomic mass is 79.9. The topological polar surface area (TPSA) is 47.3 Å². The molecule has 0 aliphatic heterocycles. The van der Waals surface area contributed by atoms with Crippen molar-refractivity contribution in [2.75, 3.05) is 7.11 Å². The van der Waals surface area contributed by atoms with Gasteiger partial charge in [0.05, 0.1) is 22.0 Å². The fourth-order valence-electron chi connectivity index (χ4n) is 3.23. The van der Waals surface area contributed by atoms with E-state index in [4.69, 9.17) is 4.74 Å². The summed E-state index contributed by atoms with van der Waals surface area (Å²) < 4.78 is 8.48. The number of methoxy groups -OCH3 is 1. The number of aliphatic hydroxyl groups is 1. The first kappa shape index (κ1) is 15.0. The maximum absolute atomic E-state index is 10.9. The van der Waals surface area contributed by atoms with Gasteiger partial charge in [-0.1, -0.05) is 19.8 Å². The van der Waals surface area contributed by atoms with Crippen LogP contribution in [0.1, 0.15) is 51.3 Å². The lowest BCUT2D eigenvalue weighted by Gasteiger charge is -2.42. The van der Waals surface area contributed by atoms with E-state index in [0.717, 1.165) is 36.0 Å². The zero-order valence-electron chi connectivity index (χ0n) is 11.9. The summed E-state index contributed by atoms with van der Waals surface area (Å²) in [6.07, 6.45) is 5.22. The summed E-state index contributed by atoms with van der Waals surface area (Å²) in [5, 5.41) is 15.2. The van der Waals surface area contributed by atoms with E-state index in [2.05, 4.69) is 28.0 Å². The van der Waals surface area contributed by atoms with Gasteiger partial charge in [-0.3, -0.25) is 4.68 Å². The number of hydrogen-bond acceptors (Lipinski definition) is 3. The zero-order valence-corrected chi connectivity index (χ0v) is 13.5. The average Bonchev–Trinajstić information content (AvgIpc) is 2.78. The molecule has 4 nitrogen and oxygen atoms in total. The Balaban J connectivity index is 2.34. The van der Waals surface area contributed by atoms with Crippen molar-refractivity contribution in [3.05, 3.63) is 16.4 Å². The fraction of sp³-hybridized carbons (Fsp3) is 0.786. The molecule has 1 fully saturated rings. The summed E-state index contributed by atoms with van der Waals surface area (Å²) >= 11 is 3.49. The van der Waals surface area contributed by atoms with Crippen LogP contribution in [0, 0.1) is 5.92 Å². The summed E-state index contributed by atoms with van der Waals surface area (Å²) in [6, 6.07) is 0. The highest BCUT2D eigenvalue weighted by Gasteiger charge is 2.44. The van der Waals surface area contributed by atoms with E-state index in [0.29, 0.717) is 5.92 Å². The van der Waals surface area contributed by atoms with Crippen molar-refractivity contribution in [1.29, 1.82) is 0 Å². The molecule has 3 atom stereocenters. The Morgan fingerprint density at radius 1 is 1.68 bits per heavy atom. The van der Waals surface area contributed by atoms with E-state index in [1.807, 2.05) is 11.6 Å². The molecule has 1 heterocycles. The Hall–Kier alpha value is -0.390. The normalized spacial score (nSPS) is 29.4. The van der Waals surface area contributed by atoms with Crippen molar-refractivity contribution in [2.45, 2.75) is 57.8 Å². The van der Waals surface area contributed by atoms with E-state index in [-0.39, 0.29) is 0 Å². The number of aromatic nitrogens is 2. The maximum Gasteiger partial charge on any atom is 0.126 e. The summed E-state index contributed by atoms with van der Waals surface area (Å²) in [4.78, 5) is 0. The Bertz CT molecular complexity index is 435.